The maximum Gasteiger partial charge on any atom is 0.272 e. The van der Waals surface area contributed by atoms with E-state index in [1.807, 2.05) is 11.0 Å². The van der Waals surface area contributed by atoms with Gasteiger partial charge >= 0.3 is 0 Å². The number of aliphatic hydroxyl groups is 1. The summed E-state index contributed by atoms with van der Waals surface area (Å²) in [6.45, 7) is 0.731. The molecule has 0 radical (unpaired) electrons. The van der Waals surface area contributed by atoms with Crippen LogP contribution in [-0.2, 0) is 0 Å². The molecule has 0 aromatic carbocycles. The number of carbonyl (C=O) groups is 1. The zero-order valence-corrected chi connectivity index (χ0v) is 12.6. The highest BCUT2D eigenvalue weighted by molar-refractivity contribution is 5.92. The molecule has 3 rings (SSSR count). The van der Waals surface area contributed by atoms with E-state index in [9.17, 15) is 9.90 Å². The zero-order chi connectivity index (χ0) is 15.5. The van der Waals surface area contributed by atoms with E-state index in [-0.39, 0.29) is 24.0 Å². The van der Waals surface area contributed by atoms with Crippen LogP contribution in [0, 0.1) is 17.2 Å². The van der Waals surface area contributed by atoms with Crippen molar-refractivity contribution in [2.45, 2.75) is 50.7 Å². The molecular formula is C17H21N3O2. The number of rotatable bonds is 2. The fourth-order valence-electron chi connectivity index (χ4n) is 3.81. The first-order valence-electron chi connectivity index (χ1n) is 8.06. The fraction of sp³-hybridized carbons (Fsp3) is 0.588. The Bertz CT molecular complexity index is 579. The molecule has 0 bridgehead atoms. The number of nitrogens with zero attached hydrogens (tertiary/aromatic N) is 3. The van der Waals surface area contributed by atoms with Crippen LogP contribution in [0.3, 0.4) is 0 Å². The molecule has 1 aliphatic heterocycles. The third-order valence-electron chi connectivity index (χ3n) is 4.95. The first kappa shape index (κ1) is 15.0. The summed E-state index contributed by atoms with van der Waals surface area (Å²) in [6.07, 6.45) is 7.15. The van der Waals surface area contributed by atoms with Gasteiger partial charge in [0.25, 0.3) is 5.91 Å². The van der Waals surface area contributed by atoms with Crippen LogP contribution in [0.25, 0.3) is 0 Å². The van der Waals surface area contributed by atoms with Gasteiger partial charge in [-0.1, -0.05) is 12.8 Å². The van der Waals surface area contributed by atoms with Gasteiger partial charge in [-0.15, -0.1) is 0 Å². The largest absolute Gasteiger partial charge is 0.393 e. The minimum absolute atomic E-state index is 0.0789. The van der Waals surface area contributed by atoms with Gasteiger partial charge in [0, 0.05) is 24.7 Å². The van der Waals surface area contributed by atoms with Crippen LogP contribution < -0.4 is 0 Å². The Balaban J connectivity index is 1.77. The van der Waals surface area contributed by atoms with Crippen LogP contribution in [0.4, 0.5) is 0 Å². The van der Waals surface area contributed by atoms with Crippen LogP contribution in [0.15, 0.2) is 18.3 Å². The van der Waals surface area contributed by atoms with Crippen LogP contribution in [0.1, 0.15) is 54.6 Å². The molecule has 0 unspecified atom stereocenters. The number of likely N-dealkylation sites (tertiary alicyclic amines) is 1. The lowest BCUT2D eigenvalue weighted by atomic mass is 9.80. The molecular weight excluding hydrogens is 278 g/mol. The molecule has 5 nitrogen and oxygen atoms in total. The average molecular weight is 299 g/mol. The molecule has 1 saturated heterocycles. The lowest BCUT2D eigenvalue weighted by molar-refractivity contribution is 0.0209. The van der Waals surface area contributed by atoms with E-state index in [0.717, 1.165) is 45.1 Å². The fourth-order valence-corrected chi connectivity index (χ4v) is 3.81. The number of carbonyl (C=O) groups excluding carboxylic acids is 1. The molecule has 1 amide bonds. The molecule has 1 aliphatic carbocycles. The highest BCUT2D eigenvalue weighted by atomic mass is 16.3. The van der Waals surface area contributed by atoms with Crippen molar-refractivity contribution in [2.75, 3.05) is 6.54 Å². The first-order chi connectivity index (χ1) is 10.7. The third kappa shape index (κ3) is 2.84. The van der Waals surface area contributed by atoms with E-state index < -0.39 is 0 Å². The van der Waals surface area contributed by atoms with Crippen molar-refractivity contribution < 1.29 is 9.90 Å². The van der Waals surface area contributed by atoms with E-state index in [4.69, 9.17) is 5.26 Å². The van der Waals surface area contributed by atoms with Crippen molar-refractivity contribution in [3.05, 3.63) is 29.6 Å². The minimum atomic E-state index is -0.291. The molecule has 22 heavy (non-hydrogen) atoms. The Morgan fingerprint density at radius 1 is 1.27 bits per heavy atom. The SMILES string of the molecule is N#Cc1ccc(C(=O)N2CCC[C@@H]2[C@H]2CCCC[C@H]2O)nc1. The highest BCUT2D eigenvalue weighted by Gasteiger charge is 2.39. The summed E-state index contributed by atoms with van der Waals surface area (Å²) in [5.41, 5.74) is 0.841. The first-order valence-corrected chi connectivity index (χ1v) is 8.06. The average Bonchev–Trinajstić information content (AvgIpc) is 3.04. The number of aliphatic hydroxyl groups excluding tert-OH is 1. The lowest BCUT2D eigenvalue weighted by Gasteiger charge is -2.37. The Labute approximate surface area is 130 Å². The van der Waals surface area contributed by atoms with E-state index >= 15 is 0 Å². The monoisotopic (exact) mass is 299 g/mol. The summed E-state index contributed by atoms with van der Waals surface area (Å²) in [5, 5.41) is 19.1. The van der Waals surface area contributed by atoms with Gasteiger partial charge in [0.05, 0.1) is 11.7 Å². The summed E-state index contributed by atoms with van der Waals surface area (Å²) in [4.78, 5) is 18.7. The van der Waals surface area contributed by atoms with Crippen LogP contribution in [-0.4, -0.2) is 39.6 Å². The quantitative estimate of drug-likeness (QED) is 0.907. The second-order valence-corrected chi connectivity index (χ2v) is 6.27. The van der Waals surface area contributed by atoms with Gasteiger partial charge in [-0.3, -0.25) is 4.79 Å². The van der Waals surface area contributed by atoms with Crippen LogP contribution in [0.5, 0.6) is 0 Å². The molecule has 1 saturated carbocycles. The van der Waals surface area contributed by atoms with Crippen molar-refractivity contribution in [1.82, 2.24) is 9.88 Å². The molecule has 116 valence electrons. The number of pyridine rings is 1. The van der Waals surface area contributed by atoms with Crippen molar-refractivity contribution in [1.29, 1.82) is 5.26 Å². The van der Waals surface area contributed by atoms with Crippen molar-refractivity contribution in [3.63, 3.8) is 0 Å². The molecule has 2 heterocycles. The zero-order valence-electron chi connectivity index (χ0n) is 12.6. The summed E-state index contributed by atoms with van der Waals surface area (Å²) < 4.78 is 0. The second kappa shape index (κ2) is 6.45. The maximum absolute atomic E-state index is 12.7. The van der Waals surface area contributed by atoms with Crippen molar-refractivity contribution in [3.8, 4) is 6.07 Å². The molecule has 2 aliphatic rings. The Morgan fingerprint density at radius 2 is 2.09 bits per heavy atom. The number of amides is 1. The predicted molar refractivity (Wildman–Crippen MR) is 81.0 cm³/mol. The number of nitriles is 1. The van der Waals surface area contributed by atoms with Crippen molar-refractivity contribution >= 4 is 5.91 Å². The Kier molecular flexibility index (Phi) is 4.39. The molecule has 1 N–H and O–H groups in total. The smallest absolute Gasteiger partial charge is 0.272 e. The number of aromatic nitrogens is 1. The molecule has 3 atom stereocenters. The highest BCUT2D eigenvalue weighted by Crippen LogP contribution is 2.35. The topological polar surface area (TPSA) is 77.2 Å². The minimum Gasteiger partial charge on any atom is -0.393 e. The molecule has 1 aromatic heterocycles. The van der Waals surface area contributed by atoms with E-state index in [2.05, 4.69) is 4.98 Å². The summed E-state index contributed by atoms with van der Waals surface area (Å²) >= 11 is 0. The summed E-state index contributed by atoms with van der Waals surface area (Å²) in [7, 11) is 0. The third-order valence-corrected chi connectivity index (χ3v) is 4.95. The van der Waals surface area contributed by atoms with Gasteiger partial charge in [-0.2, -0.15) is 5.26 Å². The van der Waals surface area contributed by atoms with Crippen molar-refractivity contribution in [2.24, 2.45) is 5.92 Å². The van der Waals surface area contributed by atoms with Crippen LogP contribution in [0.2, 0.25) is 0 Å². The molecule has 1 aromatic rings. The normalized spacial score (nSPS) is 28.4. The number of hydrogen-bond donors (Lipinski definition) is 1. The summed E-state index contributed by atoms with van der Waals surface area (Å²) in [6, 6.07) is 5.38. The molecule has 0 spiro atoms. The molecule has 2 fully saturated rings. The molecule has 5 heteroatoms. The van der Waals surface area contributed by atoms with E-state index in [1.165, 1.54) is 6.20 Å². The van der Waals surface area contributed by atoms with E-state index in [0.29, 0.717) is 11.3 Å². The Hall–Kier alpha value is -1.93. The van der Waals surface area contributed by atoms with Crippen LogP contribution >= 0.6 is 0 Å². The van der Waals surface area contributed by atoms with Gasteiger partial charge in [0.2, 0.25) is 0 Å². The Morgan fingerprint density at radius 3 is 2.77 bits per heavy atom. The van der Waals surface area contributed by atoms with Gasteiger partial charge in [-0.25, -0.2) is 4.98 Å². The van der Waals surface area contributed by atoms with Gasteiger partial charge in [0.1, 0.15) is 11.8 Å². The standard InChI is InChI=1S/C17H21N3O2/c18-10-12-7-8-14(19-11-12)17(22)20-9-3-5-15(20)13-4-1-2-6-16(13)21/h7-8,11,13,15-16,21H,1-6,9H2/t13-,15-,16-/m1/s1. The number of hydrogen-bond acceptors (Lipinski definition) is 4. The lowest BCUT2D eigenvalue weighted by Crippen LogP contribution is -2.45. The summed E-state index contributed by atoms with van der Waals surface area (Å²) in [5.74, 6) is 0.114. The predicted octanol–water partition coefficient (Wildman–Crippen LogP) is 2.11. The maximum atomic E-state index is 12.7. The van der Waals surface area contributed by atoms with Gasteiger partial charge in [-0.05, 0) is 37.8 Å². The second-order valence-electron chi connectivity index (χ2n) is 6.27. The van der Waals surface area contributed by atoms with Gasteiger partial charge in [0.15, 0.2) is 0 Å². The van der Waals surface area contributed by atoms with Gasteiger partial charge < -0.3 is 10.0 Å². The van der Waals surface area contributed by atoms with E-state index in [1.54, 1.807) is 12.1 Å².